The molecule has 6 heteroatoms. The van der Waals surface area contributed by atoms with Gasteiger partial charge in [-0.3, -0.25) is 14.5 Å². The van der Waals surface area contributed by atoms with Crippen LogP contribution in [0.2, 0.25) is 0 Å². The van der Waals surface area contributed by atoms with Crippen LogP contribution in [0.5, 0.6) is 0 Å². The van der Waals surface area contributed by atoms with Crippen LogP contribution in [0.3, 0.4) is 0 Å². The van der Waals surface area contributed by atoms with E-state index in [9.17, 15) is 9.59 Å². The van der Waals surface area contributed by atoms with Crippen LogP contribution in [0.1, 0.15) is 37.8 Å². The molecule has 0 aliphatic carbocycles. The Morgan fingerprint density at radius 1 is 1.00 bits per heavy atom. The molecule has 0 unspecified atom stereocenters. The van der Waals surface area contributed by atoms with Gasteiger partial charge in [-0.05, 0) is 36.3 Å². The zero-order valence-corrected chi connectivity index (χ0v) is 18.7. The average molecular weight is 426 g/mol. The quantitative estimate of drug-likeness (QED) is 0.658. The highest BCUT2D eigenvalue weighted by molar-refractivity contribution is 7.99. The first kappa shape index (κ1) is 22.4. The van der Waals surface area contributed by atoms with E-state index >= 15 is 0 Å². The van der Waals surface area contributed by atoms with E-state index in [1.807, 2.05) is 41.3 Å². The van der Waals surface area contributed by atoms with Gasteiger partial charge in [0.15, 0.2) is 0 Å². The lowest BCUT2D eigenvalue weighted by atomic mass is 10.1. The van der Waals surface area contributed by atoms with Crippen molar-refractivity contribution >= 4 is 29.3 Å². The molecule has 2 amide bonds. The van der Waals surface area contributed by atoms with E-state index in [-0.39, 0.29) is 24.7 Å². The summed E-state index contributed by atoms with van der Waals surface area (Å²) in [5.74, 6) is 0.818. The summed E-state index contributed by atoms with van der Waals surface area (Å²) < 4.78 is 0. The smallest absolute Gasteiger partial charge is 0.227 e. The van der Waals surface area contributed by atoms with Crippen LogP contribution in [0, 0.1) is 0 Å². The monoisotopic (exact) mass is 425 g/mol. The lowest BCUT2D eigenvalue weighted by molar-refractivity contribution is -0.125. The lowest BCUT2D eigenvalue weighted by Gasteiger charge is -2.29. The van der Waals surface area contributed by atoms with Crippen molar-refractivity contribution in [2.24, 2.45) is 0 Å². The molecule has 1 heterocycles. The number of hydrogen-bond acceptors (Lipinski definition) is 4. The Balaban J connectivity index is 1.51. The number of carbonyl (C=O) groups is 2. The molecule has 0 atom stereocenters. The SMILES string of the molecule is CCN(CC)Cc1ccccc1CNC(=O)CCC(=O)N1CCSc2ccccc21. The summed E-state index contributed by atoms with van der Waals surface area (Å²) in [5, 5.41) is 2.99. The molecule has 2 aromatic carbocycles. The van der Waals surface area contributed by atoms with Gasteiger partial charge in [0.25, 0.3) is 0 Å². The first-order chi connectivity index (χ1) is 14.6. The molecule has 2 aromatic rings. The van der Waals surface area contributed by atoms with E-state index < -0.39 is 0 Å². The minimum Gasteiger partial charge on any atom is -0.352 e. The Labute approximate surface area is 183 Å². The summed E-state index contributed by atoms with van der Waals surface area (Å²) in [7, 11) is 0. The molecule has 30 heavy (non-hydrogen) atoms. The molecule has 5 nitrogen and oxygen atoms in total. The highest BCUT2D eigenvalue weighted by atomic mass is 32.2. The van der Waals surface area contributed by atoms with Gasteiger partial charge < -0.3 is 10.2 Å². The molecule has 0 radical (unpaired) electrons. The first-order valence-corrected chi connectivity index (χ1v) is 11.7. The van der Waals surface area contributed by atoms with Crippen LogP contribution in [0.25, 0.3) is 0 Å². The van der Waals surface area contributed by atoms with E-state index in [1.54, 1.807) is 11.8 Å². The Hall–Kier alpha value is -2.31. The maximum absolute atomic E-state index is 12.7. The van der Waals surface area contributed by atoms with Gasteiger partial charge in [0.2, 0.25) is 11.8 Å². The number of amides is 2. The number of hydrogen-bond donors (Lipinski definition) is 1. The third-order valence-electron chi connectivity index (χ3n) is 5.48. The molecule has 0 aromatic heterocycles. The molecule has 0 bridgehead atoms. The Morgan fingerprint density at radius 3 is 2.47 bits per heavy atom. The van der Waals surface area contributed by atoms with Crippen LogP contribution < -0.4 is 10.2 Å². The van der Waals surface area contributed by atoms with Crippen LogP contribution in [-0.2, 0) is 22.7 Å². The number of rotatable bonds is 9. The summed E-state index contributed by atoms with van der Waals surface area (Å²) in [6.45, 7) is 8.38. The van der Waals surface area contributed by atoms with Gasteiger partial charge >= 0.3 is 0 Å². The Bertz CT molecular complexity index is 867. The molecule has 3 rings (SSSR count). The number of anilines is 1. The number of benzene rings is 2. The van der Waals surface area contributed by atoms with Gasteiger partial charge in [-0.25, -0.2) is 0 Å². The van der Waals surface area contributed by atoms with Gasteiger partial charge in [0.1, 0.15) is 0 Å². The lowest BCUT2D eigenvalue weighted by Crippen LogP contribution is -2.36. The summed E-state index contributed by atoms with van der Waals surface area (Å²) in [4.78, 5) is 30.4. The molecule has 1 aliphatic heterocycles. The summed E-state index contributed by atoms with van der Waals surface area (Å²) in [6, 6.07) is 16.2. The fourth-order valence-corrected chi connectivity index (χ4v) is 4.63. The van der Waals surface area contributed by atoms with Crippen LogP contribution in [-0.4, -0.2) is 42.1 Å². The van der Waals surface area contributed by atoms with E-state index in [0.717, 1.165) is 41.5 Å². The van der Waals surface area contributed by atoms with E-state index in [1.165, 1.54) is 5.56 Å². The largest absolute Gasteiger partial charge is 0.352 e. The second-order valence-corrected chi connectivity index (χ2v) is 8.51. The molecule has 0 saturated carbocycles. The molecule has 0 spiro atoms. The van der Waals surface area contributed by atoms with Crippen molar-refractivity contribution in [3.8, 4) is 0 Å². The van der Waals surface area contributed by atoms with Crippen LogP contribution in [0.4, 0.5) is 5.69 Å². The number of fused-ring (bicyclic) bond motifs is 1. The molecule has 1 N–H and O–H groups in total. The fourth-order valence-electron chi connectivity index (χ4n) is 3.64. The van der Waals surface area contributed by atoms with Crippen molar-refractivity contribution in [3.63, 3.8) is 0 Å². The highest BCUT2D eigenvalue weighted by Crippen LogP contribution is 2.34. The zero-order valence-electron chi connectivity index (χ0n) is 17.9. The third-order valence-corrected chi connectivity index (χ3v) is 6.52. The van der Waals surface area contributed by atoms with Crippen molar-refractivity contribution in [1.82, 2.24) is 10.2 Å². The van der Waals surface area contributed by atoms with Crippen molar-refractivity contribution in [2.45, 2.75) is 44.7 Å². The molecule has 160 valence electrons. The summed E-state index contributed by atoms with van der Waals surface area (Å²) in [5.41, 5.74) is 3.33. The third kappa shape index (κ3) is 5.86. The predicted molar refractivity (Wildman–Crippen MR) is 124 cm³/mol. The van der Waals surface area contributed by atoms with Crippen molar-refractivity contribution in [3.05, 3.63) is 59.7 Å². The average Bonchev–Trinajstić information content (AvgIpc) is 2.79. The molecular weight excluding hydrogens is 394 g/mol. The van der Waals surface area contributed by atoms with Gasteiger partial charge in [-0.1, -0.05) is 50.2 Å². The molecule has 1 aliphatic rings. The summed E-state index contributed by atoms with van der Waals surface area (Å²) >= 11 is 1.77. The standard InChI is InChI=1S/C24H31N3O2S/c1-3-26(4-2)18-20-10-6-5-9-19(20)17-25-23(28)13-14-24(29)27-15-16-30-22-12-8-7-11-21(22)27/h5-12H,3-4,13-18H2,1-2H3,(H,25,28). The van der Waals surface area contributed by atoms with E-state index in [4.69, 9.17) is 0 Å². The Kier molecular flexibility index (Phi) is 8.34. The number of para-hydroxylation sites is 1. The number of nitrogens with zero attached hydrogens (tertiary/aromatic N) is 2. The Morgan fingerprint density at radius 2 is 1.70 bits per heavy atom. The minimum absolute atomic E-state index is 0.0137. The second-order valence-electron chi connectivity index (χ2n) is 7.37. The normalized spacial score (nSPS) is 13.2. The topological polar surface area (TPSA) is 52.7 Å². The summed E-state index contributed by atoms with van der Waals surface area (Å²) in [6.07, 6.45) is 0.439. The number of carbonyl (C=O) groups excluding carboxylic acids is 2. The van der Waals surface area contributed by atoms with Crippen molar-refractivity contribution in [2.75, 3.05) is 30.3 Å². The number of thioether (sulfide) groups is 1. The molecular formula is C24H31N3O2S. The van der Waals surface area contributed by atoms with Gasteiger partial charge in [0.05, 0.1) is 5.69 Å². The minimum atomic E-state index is -0.0827. The van der Waals surface area contributed by atoms with E-state index in [2.05, 4.69) is 36.2 Å². The first-order valence-electron chi connectivity index (χ1n) is 10.7. The maximum Gasteiger partial charge on any atom is 0.227 e. The van der Waals surface area contributed by atoms with Gasteiger partial charge in [-0.2, -0.15) is 0 Å². The highest BCUT2D eigenvalue weighted by Gasteiger charge is 2.22. The zero-order chi connectivity index (χ0) is 21.3. The van der Waals surface area contributed by atoms with Crippen molar-refractivity contribution < 1.29 is 9.59 Å². The molecule has 0 fully saturated rings. The second kappa shape index (κ2) is 11.2. The van der Waals surface area contributed by atoms with Crippen LogP contribution in [0.15, 0.2) is 53.4 Å². The maximum atomic E-state index is 12.7. The van der Waals surface area contributed by atoms with Crippen molar-refractivity contribution in [1.29, 1.82) is 0 Å². The van der Waals surface area contributed by atoms with E-state index in [0.29, 0.717) is 13.1 Å². The fraction of sp³-hybridized carbons (Fsp3) is 0.417. The van der Waals surface area contributed by atoms with Gasteiger partial charge in [-0.15, -0.1) is 11.8 Å². The molecule has 0 saturated heterocycles. The van der Waals surface area contributed by atoms with Gasteiger partial charge in [0, 0.05) is 43.1 Å². The predicted octanol–water partition coefficient (Wildman–Crippen LogP) is 4.06. The van der Waals surface area contributed by atoms with Crippen LogP contribution >= 0.6 is 11.8 Å². The number of nitrogens with one attached hydrogen (secondary N) is 1.